The third-order valence-corrected chi connectivity index (χ3v) is 5.00. The number of hydrogen-bond acceptors (Lipinski definition) is 5. The fourth-order valence-electron chi connectivity index (χ4n) is 3.36. The summed E-state index contributed by atoms with van der Waals surface area (Å²) in [6, 6.07) is 9.93. The highest BCUT2D eigenvalue weighted by molar-refractivity contribution is 5.80. The largest absolute Gasteiger partial charge is 0.469 e. The Bertz CT molecular complexity index is 962. The highest BCUT2D eigenvalue weighted by atomic mass is 16.5. The SMILES string of the molecule is COC(=O)C[C@@H](c1ccc(C)c(CO)c1)c1ccc2c(nnn2C)c1C. The van der Waals surface area contributed by atoms with Gasteiger partial charge in [-0.15, -0.1) is 5.10 Å². The van der Waals surface area contributed by atoms with Gasteiger partial charge in [0, 0.05) is 13.0 Å². The summed E-state index contributed by atoms with van der Waals surface area (Å²) in [5.41, 5.74) is 6.63. The number of ether oxygens (including phenoxy) is 1. The van der Waals surface area contributed by atoms with Gasteiger partial charge in [0.1, 0.15) is 5.52 Å². The number of aliphatic hydroxyl groups is 1. The number of carbonyl (C=O) groups is 1. The van der Waals surface area contributed by atoms with Crippen molar-refractivity contribution in [1.82, 2.24) is 15.0 Å². The van der Waals surface area contributed by atoms with Gasteiger partial charge in [-0.3, -0.25) is 4.79 Å². The molecule has 6 nitrogen and oxygen atoms in total. The highest BCUT2D eigenvalue weighted by Crippen LogP contribution is 2.34. The van der Waals surface area contributed by atoms with E-state index in [0.29, 0.717) is 0 Å². The Labute approximate surface area is 152 Å². The minimum atomic E-state index is -0.278. The minimum absolute atomic E-state index is 0.0349. The minimum Gasteiger partial charge on any atom is -0.469 e. The number of nitrogens with zero attached hydrogens (tertiary/aromatic N) is 3. The average Bonchev–Trinajstić information content (AvgIpc) is 3.02. The summed E-state index contributed by atoms with van der Waals surface area (Å²) in [5.74, 6) is -0.459. The van der Waals surface area contributed by atoms with Crippen molar-refractivity contribution in [2.24, 2.45) is 7.05 Å². The van der Waals surface area contributed by atoms with Crippen molar-refractivity contribution in [3.05, 3.63) is 58.1 Å². The van der Waals surface area contributed by atoms with Crippen molar-refractivity contribution in [2.75, 3.05) is 7.11 Å². The quantitative estimate of drug-likeness (QED) is 0.714. The first-order valence-corrected chi connectivity index (χ1v) is 8.52. The first-order chi connectivity index (χ1) is 12.5. The molecule has 6 heteroatoms. The topological polar surface area (TPSA) is 77.2 Å². The lowest BCUT2D eigenvalue weighted by Gasteiger charge is -2.20. The zero-order valence-electron chi connectivity index (χ0n) is 15.5. The standard InChI is InChI=1S/C20H23N3O3/c1-12-5-6-14(9-15(12)11-24)17(10-19(25)26-4)16-7-8-18-20(13(16)2)21-22-23(18)3/h5-9,17,24H,10-11H2,1-4H3/t17-/m0/s1. The molecule has 0 spiro atoms. The maximum Gasteiger partial charge on any atom is 0.306 e. The van der Waals surface area contributed by atoms with Crippen LogP contribution in [0.5, 0.6) is 0 Å². The average molecular weight is 353 g/mol. The van der Waals surface area contributed by atoms with Gasteiger partial charge in [0.2, 0.25) is 0 Å². The molecule has 0 radical (unpaired) electrons. The summed E-state index contributed by atoms with van der Waals surface area (Å²) in [7, 11) is 3.25. The molecule has 26 heavy (non-hydrogen) atoms. The van der Waals surface area contributed by atoms with Gasteiger partial charge in [-0.05, 0) is 47.7 Å². The lowest BCUT2D eigenvalue weighted by molar-refractivity contribution is -0.140. The van der Waals surface area contributed by atoms with Crippen LogP contribution in [0.4, 0.5) is 0 Å². The van der Waals surface area contributed by atoms with Crippen LogP contribution in [0.2, 0.25) is 0 Å². The van der Waals surface area contributed by atoms with Gasteiger partial charge >= 0.3 is 5.97 Å². The summed E-state index contributed by atoms with van der Waals surface area (Å²) < 4.78 is 6.65. The molecule has 0 saturated carbocycles. The molecule has 3 aromatic rings. The third kappa shape index (κ3) is 3.20. The fourth-order valence-corrected chi connectivity index (χ4v) is 3.36. The van der Waals surface area contributed by atoms with Crippen LogP contribution < -0.4 is 0 Å². The van der Waals surface area contributed by atoms with Gasteiger partial charge in [0.15, 0.2) is 0 Å². The van der Waals surface area contributed by atoms with E-state index >= 15 is 0 Å². The van der Waals surface area contributed by atoms with Crippen molar-refractivity contribution in [3.8, 4) is 0 Å². The van der Waals surface area contributed by atoms with Crippen molar-refractivity contribution in [2.45, 2.75) is 32.8 Å². The number of hydrogen-bond donors (Lipinski definition) is 1. The maximum atomic E-state index is 12.1. The molecule has 1 aromatic heterocycles. The molecule has 1 atom stereocenters. The Hall–Kier alpha value is -2.73. The molecule has 3 rings (SSSR count). The third-order valence-electron chi connectivity index (χ3n) is 5.00. The predicted molar refractivity (Wildman–Crippen MR) is 98.8 cm³/mol. The number of carbonyl (C=O) groups excluding carboxylic acids is 1. The number of aliphatic hydroxyl groups excluding tert-OH is 1. The number of aryl methyl sites for hydroxylation is 3. The lowest BCUT2D eigenvalue weighted by atomic mass is 9.84. The first-order valence-electron chi connectivity index (χ1n) is 8.52. The molecule has 136 valence electrons. The molecule has 0 fully saturated rings. The highest BCUT2D eigenvalue weighted by Gasteiger charge is 2.23. The van der Waals surface area contributed by atoms with Gasteiger partial charge in [-0.2, -0.15) is 0 Å². The van der Waals surface area contributed by atoms with E-state index in [1.165, 1.54) is 7.11 Å². The summed E-state index contributed by atoms with van der Waals surface area (Å²) in [4.78, 5) is 12.1. The normalized spacial score (nSPS) is 12.3. The molecule has 0 aliphatic heterocycles. The zero-order valence-corrected chi connectivity index (χ0v) is 15.5. The molecule has 1 heterocycles. The molecule has 0 bridgehead atoms. The van der Waals surface area contributed by atoms with Gasteiger partial charge in [0.25, 0.3) is 0 Å². The molecule has 0 aliphatic rings. The van der Waals surface area contributed by atoms with Crippen LogP contribution in [0.3, 0.4) is 0 Å². The number of fused-ring (bicyclic) bond motifs is 1. The Morgan fingerprint density at radius 1 is 1.27 bits per heavy atom. The van der Waals surface area contributed by atoms with Crippen LogP contribution in [0.1, 0.15) is 40.2 Å². The molecular weight excluding hydrogens is 330 g/mol. The van der Waals surface area contributed by atoms with Crippen LogP contribution >= 0.6 is 0 Å². The number of rotatable bonds is 5. The monoisotopic (exact) mass is 353 g/mol. The molecular formula is C20H23N3O3. The van der Waals surface area contributed by atoms with Gasteiger partial charge in [0.05, 0.1) is 25.7 Å². The fraction of sp³-hybridized carbons (Fsp3) is 0.350. The van der Waals surface area contributed by atoms with Crippen molar-refractivity contribution in [3.63, 3.8) is 0 Å². The van der Waals surface area contributed by atoms with E-state index in [1.54, 1.807) is 4.68 Å². The summed E-state index contributed by atoms with van der Waals surface area (Å²) in [6.45, 7) is 3.92. The van der Waals surface area contributed by atoms with Crippen molar-refractivity contribution in [1.29, 1.82) is 0 Å². The molecule has 2 aromatic carbocycles. The molecule has 1 N–H and O–H groups in total. The van der Waals surface area contributed by atoms with Crippen LogP contribution in [0, 0.1) is 13.8 Å². The zero-order chi connectivity index (χ0) is 18.8. The van der Waals surface area contributed by atoms with E-state index in [0.717, 1.165) is 38.9 Å². The van der Waals surface area contributed by atoms with E-state index in [1.807, 2.05) is 51.2 Å². The molecule has 0 saturated heterocycles. The Morgan fingerprint density at radius 3 is 2.73 bits per heavy atom. The Balaban J connectivity index is 2.15. The molecule has 0 unspecified atom stereocenters. The number of aromatic nitrogens is 3. The van der Waals surface area contributed by atoms with Gasteiger partial charge in [-0.1, -0.05) is 29.5 Å². The number of esters is 1. The van der Waals surface area contributed by atoms with Crippen LogP contribution in [-0.4, -0.2) is 33.2 Å². The van der Waals surface area contributed by atoms with E-state index in [9.17, 15) is 9.90 Å². The van der Waals surface area contributed by atoms with Gasteiger partial charge < -0.3 is 9.84 Å². The van der Waals surface area contributed by atoms with Crippen LogP contribution in [-0.2, 0) is 23.2 Å². The second-order valence-electron chi connectivity index (χ2n) is 6.54. The van der Waals surface area contributed by atoms with E-state index in [-0.39, 0.29) is 24.9 Å². The first kappa shape index (κ1) is 18.1. The van der Waals surface area contributed by atoms with Crippen LogP contribution in [0.25, 0.3) is 11.0 Å². The second-order valence-corrected chi connectivity index (χ2v) is 6.54. The summed E-state index contributed by atoms with van der Waals surface area (Å²) in [6.07, 6.45) is 0.219. The maximum absolute atomic E-state index is 12.1. The second kappa shape index (κ2) is 7.25. The molecule has 0 amide bonds. The lowest BCUT2D eigenvalue weighted by Crippen LogP contribution is -2.12. The Kier molecular flexibility index (Phi) is 5.04. The van der Waals surface area contributed by atoms with E-state index in [2.05, 4.69) is 10.3 Å². The Morgan fingerprint density at radius 2 is 2.04 bits per heavy atom. The van der Waals surface area contributed by atoms with Crippen molar-refractivity contribution < 1.29 is 14.6 Å². The summed E-state index contributed by atoms with van der Waals surface area (Å²) in [5, 5.41) is 18.0. The van der Waals surface area contributed by atoms with Crippen molar-refractivity contribution >= 4 is 17.0 Å². The molecule has 0 aliphatic carbocycles. The van der Waals surface area contributed by atoms with E-state index in [4.69, 9.17) is 4.74 Å². The number of methoxy groups -OCH3 is 1. The van der Waals surface area contributed by atoms with Gasteiger partial charge in [-0.25, -0.2) is 4.68 Å². The number of benzene rings is 2. The predicted octanol–water partition coefficient (Wildman–Crippen LogP) is 2.77. The smallest absolute Gasteiger partial charge is 0.306 e. The summed E-state index contributed by atoms with van der Waals surface area (Å²) >= 11 is 0. The van der Waals surface area contributed by atoms with Crippen LogP contribution in [0.15, 0.2) is 30.3 Å². The van der Waals surface area contributed by atoms with E-state index < -0.39 is 0 Å².